The van der Waals surface area contributed by atoms with E-state index in [0.29, 0.717) is 17.1 Å². The molecule has 10 radical (unpaired) electrons. The van der Waals surface area contributed by atoms with Crippen LogP contribution in [0.5, 0.6) is 0 Å². The fourth-order valence-electron chi connectivity index (χ4n) is 2.93. The van der Waals surface area contributed by atoms with Crippen molar-refractivity contribution in [1.29, 1.82) is 0 Å². The van der Waals surface area contributed by atoms with Crippen molar-refractivity contribution < 1.29 is 31.4 Å². The molecule has 29 heavy (non-hydrogen) atoms. The predicted octanol–water partition coefficient (Wildman–Crippen LogP) is 4.33. The van der Waals surface area contributed by atoms with E-state index in [1.54, 1.807) is 0 Å². The molecular weight excluding hydrogens is 404 g/mol. The molecular formula is C25H22FeO3+2. The van der Waals surface area contributed by atoms with E-state index in [0.717, 1.165) is 5.56 Å². The Morgan fingerprint density at radius 2 is 1.34 bits per heavy atom. The van der Waals surface area contributed by atoms with Gasteiger partial charge in [-0.2, -0.15) is 0 Å². The van der Waals surface area contributed by atoms with Crippen molar-refractivity contribution >= 4 is 17.1 Å². The van der Waals surface area contributed by atoms with Gasteiger partial charge in [0.05, 0.1) is 11.7 Å². The minimum atomic E-state index is -0.249. The van der Waals surface area contributed by atoms with E-state index < -0.39 is 0 Å². The van der Waals surface area contributed by atoms with Crippen molar-refractivity contribution in [3.63, 3.8) is 0 Å². The SMILES string of the molecule is CC(C)OC1=C([C]2[CH][CH][CH][CH]2)C(=O)C=C(c2ccccc2)C1=O.[CH]1[CH][CH][CH][CH]1.[Fe+2]. The molecule has 0 heterocycles. The number of Topliss-reactive ketones (excluding diaryl/α,β-unsaturated/α-hetero) is 1. The van der Waals surface area contributed by atoms with Gasteiger partial charge in [-0.25, -0.2) is 0 Å². The molecule has 0 bridgehead atoms. The average molecular weight is 426 g/mol. The molecule has 0 aliphatic heterocycles. The molecule has 0 saturated heterocycles. The first kappa shape index (κ1) is 23.6. The molecule has 1 aromatic rings. The van der Waals surface area contributed by atoms with Crippen LogP contribution in [0.2, 0.25) is 0 Å². The second-order valence-electron chi connectivity index (χ2n) is 6.62. The van der Waals surface area contributed by atoms with Gasteiger partial charge in [0.1, 0.15) is 0 Å². The number of carbonyl (C=O) groups is 2. The molecule has 2 saturated carbocycles. The van der Waals surface area contributed by atoms with Gasteiger partial charge in [0.15, 0.2) is 11.5 Å². The summed E-state index contributed by atoms with van der Waals surface area (Å²) in [5, 5.41) is 0. The van der Waals surface area contributed by atoms with E-state index in [1.165, 1.54) is 6.08 Å². The Hall–Kier alpha value is -1.64. The largest absolute Gasteiger partial charge is 2.00 e. The van der Waals surface area contributed by atoms with Crippen molar-refractivity contribution in [2.24, 2.45) is 0 Å². The molecule has 0 N–H and O–H groups in total. The second-order valence-corrected chi connectivity index (χ2v) is 6.62. The molecule has 0 unspecified atom stereocenters. The van der Waals surface area contributed by atoms with Crippen LogP contribution in [0.1, 0.15) is 19.4 Å². The third kappa shape index (κ3) is 6.17. The van der Waals surface area contributed by atoms with Crippen LogP contribution in [0, 0.1) is 63.7 Å². The van der Waals surface area contributed by atoms with Gasteiger partial charge in [-0.1, -0.05) is 30.3 Å². The summed E-state index contributed by atoms with van der Waals surface area (Å²) in [5.74, 6) is 0.394. The first-order valence-corrected chi connectivity index (χ1v) is 9.23. The van der Waals surface area contributed by atoms with Crippen molar-refractivity contribution in [2.75, 3.05) is 0 Å². The standard InChI is InChI=1S/C20H17O3.C5H5.Fe/c1-13(2)23-20-18(15-10-6-7-11-15)17(21)12-16(19(20)22)14-8-4-3-5-9-14;1-2-4-5-3-1;/h3-13H,1-2H3;1-5H;/q;;+2. The topological polar surface area (TPSA) is 43.4 Å². The van der Waals surface area contributed by atoms with Crippen LogP contribution >= 0.6 is 0 Å². The van der Waals surface area contributed by atoms with Crippen molar-refractivity contribution in [3.05, 3.63) is 117 Å². The quantitative estimate of drug-likeness (QED) is 0.532. The molecule has 4 heteroatoms. The number of hydrogen-bond donors (Lipinski definition) is 0. The molecule has 3 aliphatic rings. The molecule has 0 atom stereocenters. The Morgan fingerprint density at radius 3 is 1.86 bits per heavy atom. The molecule has 0 aromatic heterocycles. The van der Waals surface area contributed by atoms with Crippen LogP contribution in [0.3, 0.4) is 0 Å². The van der Waals surface area contributed by atoms with Gasteiger partial charge in [0.2, 0.25) is 5.78 Å². The fourth-order valence-corrected chi connectivity index (χ4v) is 2.93. The summed E-state index contributed by atoms with van der Waals surface area (Å²) in [5.41, 5.74) is 1.44. The molecule has 3 nitrogen and oxygen atoms in total. The summed E-state index contributed by atoms with van der Waals surface area (Å²) in [7, 11) is 0. The first-order chi connectivity index (χ1) is 13.6. The Balaban J connectivity index is 0.000000437. The van der Waals surface area contributed by atoms with E-state index in [4.69, 9.17) is 4.74 Å². The molecule has 4 rings (SSSR count). The van der Waals surface area contributed by atoms with Crippen LogP contribution in [-0.4, -0.2) is 17.7 Å². The van der Waals surface area contributed by atoms with Gasteiger partial charge in [-0.05, 0) is 83.3 Å². The summed E-state index contributed by atoms with van der Waals surface area (Å²) >= 11 is 0. The number of allylic oxidation sites excluding steroid dienone is 3. The summed E-state index contributed by atoms with van der Waals surface area (Å²) in [6.45, 7) is 3.68. The second kappa shape index (κ2) is 11.5. The van der Waals surface area contributed by atoms with Gasteiger partial charge in [0.25, 0.3) is 0 Å². The maximum atomic E-state index is 12.9. The average Bonchev–Trinajstić information content (AvgIpc) is 3.41. The number of ether oxygens (including phenoxy) is 1. The van der Waals surface area contributed by atoms with E-state index in [9.17, 15) is 9.59 Å². The molecule has 3 aliphatic carbocycles. The Labute approximate surface area is 185 Å². The maximum Gasteiger partial charge on any atom is 2.00 e. The third-order valence-corrected chi connectivity index (χ3v) is 4.15. The minimum Gasteiger partial charge on any atom is -0.486 e. The Bertz CT molecular complexity index is 744. The summed E-state index contributed by atoms with van der Waals surface area (Å²) < 4.78 is 5.73. The normalized spacial score (nSPS) is 19.6. The number of ketones is 2. The maximum absolute atomic E-state index is 12.9. The summed E-state index contributed by atoms with van der Waals surface area (Å²) in [6.07, 6.45) is 18.5. The van der Waals surface area contributed by atoms with Crippen molar-refractivity contribution in [1.82, 2.24) is 0 Å². The number of carbonyl (C=O) groups excluding carboxylic acids is 2. The summed E-state index contributed by atoms with van der Waals surface area (Å²) in [6, 6.07) is 9.19. The third-order valence-electron chi connectivity index (χ3n) is 4.15. The van der Waals surface area contributed by atoms with E-state index in [1.807, 2.05) is 102 Å². The monoisotopic (exact) mass is 426 g/mol. The Morgan fingerprint density at radius 1 is 0.793 bits per heavy atom. The van der Waals surface area contributed by atoms with Crippen LogP contribution < -0.4 is 0 Å². The van der Waals surface area contributed by atoms with Gasteiger partial charge in [-0.15, -0.1) is 0 Å². The minimum absolute atomic E-state index is 0. The molecule has 146 valence electrons. The van der Waals surface area contributed by atoms with Gasteiger partial charge < -0.3 is 4.74 Å². The van der Waals surface area contributed by atoms with Crippen LogP contribution in [0.4, 0.5) is 0 Å². The number of hydrogen-bond acceptors (Lipinski definition) is 3. The number of rotatable bonds is 4. The first-order valence-electron chi connectivity index (χ1n) is 9.23. The van der Waals surface area contributed by atoms with Crippen LogP contribution in [0.25, 0.3) is 5.57 Å². The molecule has 1 aromatic carbocycles. The van der Waals surface area contributed by atoms with Crippen molar-refractivity contribution in [2.45, 2.75) is 20.0 Å². The molecule has 2 fully saturated rings. The van der Waals surface area contributed by atoms with Crippen LogP contribution in [-0.2, 0) is 31.4 Å². The van der Waals surface area contributed by atoms with Crippen LogP contribution in [0.15, 0.2) is 47.7 Å². The zero-order valence-corrected chi connectivity index (χ0v) is 17.4. The van der Waals surface area contributed by atoms with Gasteiger partial charge in [-0.3, -0.25) is 9.59 Å². The molecule has 0 spiro atoms. The smallest absolute Gasteiger partial charge is 0.486 e. The van der Waals surface area contributed by atoms with E-state index >= 15 is 0 Å². The number of benzene rings is 1. The fraction of sp³-hybridized carbons (Fsp3) is 0.120. The zero-order chi connectivity index (χ0) is 19.9. The molecule has 0 amide bonds. The van der Waals surface area contributed by atoms with E-state index in [2.05, 4.69) is 0 Å². The van der Waals surface area contributed by atoms with Crippen molar-refractivity contribution in [3.8, 4) is 0 Å². The summed E-state index contributed by atoms with van der Waals surface area (Å²) in [4.78, 5) is 25.6. The van der Waals surface area contributed by atoms with Gasteiger partial charge >= 0.3 is 17.1 Å². The predicted molar refractivity (Wildman–Crippen MR) is 110 cm³/mol. The zero-order valence-electron chi connectivity index (χ0n) is 16.3. The Kier molecular flexibility index (Phi) is 9.39. The van der Waals surface area contributed by atoms with E-state index in [-0.39, 0.29) is 40.5 Å². The van der Waals surface area contributed by atoms with Gasteiger partial charge in [0, 0.05) is 11.5 Å².